The van der Waals surface area contributed by atoms with E-state index in [4.69, 9.17) is 19.7 Å². The third-order valence-corrected chi connectivity index (χ3v) is 11.2. The molecule has 11 heteroatoms. The number of nitrogens with one attached hydrogen (secondary N) is 2. The van der Waals surface area contributed by atoms with E-state index in [9.17, 15) is 14.7 Å². The first kappa shape index (κ1) is 36.7. The molecule has 4 aromatic carbocycles. The highest BCUT2D eigenvalue weighted by Crippen LogP contribution is 2.40. The van der Waals surface area contributed by atoms with E-state index < -0.39 is 6.29 Å². The number of hydrogen-bond acceptors (Lipinski definition) is 9. The number of para-hydroxylation sites is 1. The summed E-state index contributed by atoms with van der Waals surface area (Å²) in [5.74, 6) is 0.372. The number of thiazole rings is 1. The summed E-state index contributed by atoms with van der Waals surface area (Å²) in [6.07, 6.45) is 3.81. The number of amides is 2. The van der Waals surface area contributed by atoms with Gasteiger partial charge in [0.2, 0.25) is 11.8 Å². The zero-order valence-electron chi connectivity index (χ0n) is 28.3. The van der Waals surface area contributed by atoms with Crippen LogP contribution in [0.25, 0.3) is 21.3 Å². The number of carbonyl (C=O) groups excluding carboxylic acids is 2. The number of unbranched alkanes of at least 4 members (excludes halogenated alkanes) is 3. The van der Waals surface area contributed by atoms with Crippen LogP contribution in [0.1, 0.15) is 79.6 Å². The van der Waals surface area contributed by atoms with Crippen molar-refractivity contribution in [3.63, 3.8) is 0 Å². The highest BCUT2D eigenvalue weighted by atomic mass is 32.2. The minimum atomic E-state index is -0.544. The Morgan fingerprint density at radius 3 is 2.29 bits per heavy atom. The molecule has 6 rings (SSSR count). The lowest BCUT2D eigenvalue weighted by Crippen LogP contribution is -2.31. The zero-order valence-corrected chi connectivity index (χ0v) is 30.0. The Hall–Kier alpha value is -4.10. The predicted octanol–water partition coefficient (Wildman–Crippen LogP) is 8.26. The molecule has 1 saturated heterocycles. The third kappa shape index (κ3) is 10.5. The number of aromatic nitrogens is 1. The molecule has 4 N–H and O–H groups in total. The minimum Gasteiger partial charge on any atom is -0.392 e. The van der Waals surface area contributed by atoms with Gasteiger partial charge in [-0.1, -0.05) is 103 Å². The molecule has 0 bridgehead atoms. The van der Waals surface area contributed by atoms with Gasteiger partial charge < -0.3 is 19.9 Å². The van der Waals surface area contributed by atoms with Gasteiger partial charge in [0.1, 0.15) is 0 Å². The first-order valence-corrected chi connectivity index (χ1v) is 19.2. The maximum absolute atomic E-state index is 12.4. The van der Waals surface area contributed by atoms with Gasteiger partial charge in [-0.25, -0.2) is 10.5 Å². The predicted molar refractivity (Wildman–Crippen MR) is 200 cm³/mol. The van der Waals surface area contributed by atoms with Crippen molar-refractivity contribution < 1.29 is 29.4 Å². The molecule has 2 heterocycles. The summed E-state index contributed by atoms with van der Waals surface area (Å²) in [4.78, 5) is 28.3. The Balaban J connectivity index is 1.06. The Labute approximate surface area is 306 Å². The average molecular weight is 726 g/mol. The Morgan fingerprint density at radius 1 is 0.804 bits per heavy atom. The van der Waals surface area contributed by atoms with Gasteiger partial charge in [-0.2, -0.15) is 0 Å². The molecular formula is C40H43N3O6S2. The Kier molecular flexibility index (Phi) is 13.2. The average Bonchev–Trinajstić information content (AvgIpc) is 3.61. The zero-order chi connectivity index (χ0) is 35.4. The van der Waals surface area contributed by atoms with E-state index in [0.29, 0.717) is 25.8 Å². The lowest BCUT2D eigenvalue weighted by Gasteiger charge is -2.36. The molecule has 51 heavy (non-hydrogen) atoms. The normalized spacial score (nSPS) is 17.3. The second-order valence-corrected chi connectivity index (χ2v) is 15.0. The third-order valence-electron chi connectivity index (χ3n) is 8.90. The molecule has 9 nitrogen and oxygen atoms in total. The van der Waals surface area contributed by atoms with Crippen LogP contribution >= 0.6 is 23.1 Å². The van der Waals surface area contributed by atoms with E-state index in [1.165, 1.54) is 4.70 Å². The highest BCUT2D eigenvalue weighted by molar-refractivity contribution is 8.01. The molecule has 0 radical (unpaired) electrons. The van der Waals surface area contributed by atoms with Gasteiger partial charge in [-0.3, -0.25) is 14.8 Å². The van der Waals surface area contributed by atoms with Crippen molar-refractivity contribution in [2.24, 2.45) is 0 Å². The smallest absolute Gasteiger partial charge is 0.243 e. The van der Waals surface area contributed by atoms with Crippen LogP contribution < -0.4 is 10.8 Å². The Bertz CT molecular complexity index is 1850. The van der Waals surface area contributed by atoms with E-state index in [0.717, 1.165) is 68.3 Å². The first-order valence-electron chi connectivity index (χ1n) is 17.4. The quantitative estimate of drug-likeness (QED) is 0.0346. The molecule has 1 aliphatic rings. The van der Waals surface area contributed by atoms with Crippen LogP contribution in [-0.4, -0.2) is 39.0 Å². The number of thioether (sulfide) groups is 1. The number of aliphatic hydroxyl groups excluding tert-OH is 1. The van der Waals surface area contributed by atoms with Crippen LogP contribution in [0.2, 0.25) is 0 Å². The lowest BCUT2D eigenvalue weighted by atomic mass is 9.99. The molecule has 2 amide bonds. The van der Waals surface area contributed by atoms with Gasteiger partial charge in [0.05, 0.1) is 29.0 Å². The largest absolute Gasteiger partial charge is 0.392 e. The summed E-state index contributed by atoms with van der Waals surface area (Å²) in [5, 5.41) is 21.1. The molecule has 5 aromatic rings. The molecule has 0 unspecified atom stereocenters. The van der Waals surface area contributed by atoms with Gasteiger partial charge in [0.15, 0.2) is 10.6 Å². The molecule has 3 atom stereocenters. The van der Waals surface area contributed by atoms with E-state index in [-0.39, 0.29) is 37.0 Å². The molecule has 266 valence electrons. The van der Waals surface area contributed by atoms with Crippen molar-refractivity contribution >= 4 is 45.1 Å². The van der Waals surface area contributed by atoms with Crippen molar-refractivity contribution in [2.45, 2.75) is 80.9 Å². The minimum absolute atomic E-state index is 0.000676. The molecule has 1 fully saturated rings. The maximum atomic E-state index is 12.4. The second kappa shape index (κ2) is 18.4. The summed E-state index contributed by atoms with van der Waals surface area (Å²) in [6, 6.07) is 32.6. The standard InChI is InChI=1S/C40H43N3O6S2/c44-25-27-14-16-30(17-15-27)35-23-33(26-50-40-42-34-10-5-6-11-36(34)51-40)48-39(49-35)31-20-18-29(19-21-31)32-9-7-8-28(22-32)24-41-37(45)12-3-1-2-4-13-38(46)43-47/h5-11,14-22,33,35,39,44,47H,1-4,12-13,23-26H2,(H,41,45)(H,43,46)/t33-,35+,39+/m0/s1. The van der Waals surface area contributed by atoms with Gasteiger partial charge in [0.25, 0.3) is 0 Å². The number of carbonyl (C=O) groups is 2. The van der Waals surface area contributed by atoms with Crippen molar-refractivity contribution in [3.05, 3.63) is 119 Å². The van der Waals surface area contributed by atoms with E-state index in [2.05, 4.69) is 47.8 Å². The highest BCUT2D eigenvalue weighted by Gasteiger charge is 2.32. The van der Waals surface area contributed by atoms with Crippen LogP contribution in [0.4, 0.5) is 0 Å². The van der Waals surface area contributed by atoms with Gasteiger partial charge >= 0.3 is 0 Å². The fourth-order valence-corrected chi connectivity index (χ4v) is 8.18. The Morgan fingerprint density at radius 2 is 1.55 bits per heavy atom. The summed E-state index contributed by atoms with van der Waals surface area (Å²) < 4.78 is 15.3. The first-order chi connectivity index (χ1) is 25.0. The fourth-order valence-electron chi connectivity index (χ4n) is 6.06. The summed E-state index contributed by atoms with van der Waals surface area (Å²) in [5.41, 5.74) is 8.63. The van der Waals surface area contributed by atoms with Gasteiger partial charge in [-0.05, 0) is 58.9 Å². The lowest BCUT2D eigenvalue weighted by molar-refractivity contribution is -0.245. The number of hydrogen-bond donors (Lipinski definition) is 4. The van der Waals surface area contributed by atoms with Crippen LogP contribution in [0, 0.1) is 0 Å². The summed E-state index contributed by atoms with van der Waals surface area (Å²) in [7, 11) is 0. The maximum Gasteiger partial charge on any atom is 0.243 e. The van der Waals surface area contributed by atoms with Crippen molar-refractivity contribution in [1.82, 2.24) is 15.8 Å². The molecule has 1 aromatic heterocycles. The van der Waals surface area contributed by atoms with Crippen LogP contribution in [0.3, 0.4) is 0 Å². The number of aliphatic hydroxyl groups is 1. The number of rotatable bonds is 16. The van der Waals surface area contributed by atoms with Crippen molar-refractivity contribution in [2.75, 3.05) is 5.75 Å². The molecule has 0 spiro atoms. The van der Waals surface area contributed by atoms with Crippen molar-refractivity contribution in [3.8, 4) is 11.1 Å². The van der Waals surface area contributed by atoms with Crippen LogP contribution in [0.15, 0.2) is 101 Å². The fraction of sp³-hybridized carbons (Fsp3) is 0.325. The van der Waals surface area contributed by atoms with Crippen LogP contribution in [-0.2, 0) is 32.2 Å². The van der Waals surface area contributed by atoms with Gasteiger partial charge in [-0.15, -0.1) is 11.3 Å². The number of benzene rings is 4. The molecular weight excluding hydrogens is 683 g/mol. The van der Waals surface area contributed by atoms with Crippen LogP contribution in [0.5, 0.6) is 0 Å². The monoisotopic (exact) mass is 725 g/mol. The molecule has 1 aliphatic heterocycles. The number of hydroxylamine groups is 1. The van der Waals surface area contributed by atoms with Gasteiger partial charge in [0, 0.05) is 37.1 Å². The summed E-state index contributed by atoms with van der Waals surface area (Å²) >= 11 is 3.42. The number of ether oxygens (including phenoxy) is 2. The van der Waals surface area contributed by atoms with E-state index in [1.54, 1.807) is 28.6 Å². The topological polar surface area (TPSA) is 130 Å². The molecule has 0 aliphatic carbocycles. The SMILES string of the molecule is O=C(CCCCCCC(=O)NCc1cccc(-c2ccc([C@@H]3O[C@H](CSc4nc5ccccc5s4)C[C@H](c4ccc(CO)cc4)O3)cc2)c1)NO. The number of fused-ring (bicyclic) bond motifs is 1. The van der Waals surface area contributed by atoms with Crippen molar-refractivity contribution in [1.29, 1.82) is 0 Å². The van der Waals surface area contributed by atoms with E-state index in [1.807, 2.05) is 54.6 Å². The summed E-state index contributed by atoms with van der Waals surface area (Å²) in [6.45, 7) is 0.447. The number of nitrogens with zero attached hydrogens (tertiary/aromatic N) is 1. The molecule has 0 saturated carbocycles. The second-order valence-electron chi connectivity index (χ2n) is 12.7. The van der Waals surface area contributed by atoms with E-state index >= 15 is 0 Å².